The van der Waals surface area contributed by atoms with Gasteiger partial charge in [-0.15, -0.1) is 0 Å². The fraction of sp³-hybridized carbons (Fsp3) is 0.714. The summed E-state index contributed by atoms with van der Waals surface area (Å²) in [5, 5.41) is 6.74. The molecule has 1 atom stereocenters. The number of aromatic nitrogens is 2. The minimum Gasteiger partial charge on any atom is -0.367 e. The van der Waals surface area contributed by atoms with Crippen LogP contribution < -0.4 is 15.5 Å². The highest BCUT2D eigenvalue weighted by molar-refractivity contribution is 5.50. The Morgan fingerprint density at radius 1 is 1.26 bits per heavy atom. The summed E-state index contributed by atoms with van der Waals surface area (Å²) in [6.45, 7) is 2.13. The van der Waals surface area contributed by atoms with E-state index in [-0.39, 0.29) is 0 Å². The lowest BCUT2D eigenvalue weighted by atomic mass is 10.0. The number of likely N-dealkylation sites (N-methyl/N-ethyl adjacent to an activating group) is 1. The van der Waals surface area contributed by atoms with Crippen molar-refractivity contribution in [2.45, 2.75) is 44.2 Å². The molecule has 0 bridgehead atoms. The second-order valence-corrected chi connectivity index (χ2v) is 5.58. The van der Waals surface area contributed by atoms with E-state index in [1.54, 1.807) is 6.33 Å². The Morgan fingerprint density at radius 3 is 2.95 bits per heavy atom. The number of nitrogens with zero attached hydrogens (tertiary/aromatic N) is 3. The molecule has 0 radical (unpaired) electrons. The number of hydrogen-bond donors (Lipinski definition) is 2. The second kappa shape index (κ2) is 5.74. The zero-order valence-electron chi connectivity index (χ0n) is 11.6. The highest BCUT2D eigenvalue weighted by atomic mass is 15.2. The van der Waals surface area contributed by atoms with E-state index < -0.39 is 0 Å². The van der Waals surface area contributed by atoms with Gasteiger partial charge in [0.2, 0.25) is 0 Å². The molecule has 104 valence electrons. The van der Waals surface area contributed by atoms with Crippen molar-refractivity contribution in [1.82, 2.24) is 15.3 Å². The molecule has 2 fully saturated rings. The smallest absolute Gasteiger partial charge is 0.134 e. The average Bonchev–Trinajstić information content (AvgIpc) is 3.24. The van der Waals surface area contributed by atoms with Crippen molar-refractivity contribution < 1.29 is 0 Å². The van der Waals surface area contributed by atoms with Crippen molar-refractivity contribution >= 4 is 11.6 Å². The van der Waals surface area contributed by atoms with Gasteiger partial charge >= 0.3 is 0 Å². The Kier molecular flexibility index (Phi) is 3.82. The van der Waals surface area contributed by atoms with E-state index in [1.165, 1.54) is 32.1 Å². The van der Waals surface area contributed by atoms with Crippen LogP contribution in [0.2, 0.25) is 0 Å². The van der Waals surface area contributed by atoms with E-state index in [2.05, 4.69) is 31.6 Å². The summed E-state index contributed by atoms with van der Waals surface area (Å²) in [4.78, 5) is 11.2. The van der Waals surface area contributed by atoms with Crippen LogP contribution in [0.5, 0.6) is 0 Å². The third kappa shape index (κ3) is 3.15. The SMILES string of the molecule is CNCC1CCCCN1c1cc(NC2CC2)ncn1. The number of piperidine rings is 1. The van der Waals surface area contributed by atoms with E-state index in [1.807, 2.05) is 7.05 Å². The molecular formula is C14H23N5. The molecule has 1 aliphatic carbocycles. The summed E-state index contributed by atoms with van der Waals surface area (Å²) in [5.74, 6) is 2.04. The molecule has 2 heterocycles. The monoisotopic (exact) mass is 261 g/mol. The predicted molar refractivity (Wildman–Crippen MR) is 77.6 cm³/mol. The van der Waals surface area contributed by atoms with Crippen molar-refractivity contribution in [1.29, 1.82) is 0 Å². The Bertz CT molecular complexity index is 416. The molecule has 1 unspecified atom stereocenters. The summed E-state index contributed by atoms with van der Waals surface area (Å²) < 4.78 is 0. The Hall–Kier alpha value is -1.36. The molecule has 1 aromatic rings. The first-order valence-corrected chi connectivity index (χ1v) is 7.36. The molecule has 0 spiro atoms. The normalized spacial score (nSPS) is 23.4. The molecule has 1 aromatic heterocycles. The Labute approximate surface area is 114 Å². The largest absolute Gasteiger partial charge is 0.367 e. The first-order valence-electron chi connectivity index (χ1n) is 7.36. The van der Waals surface area contributed by atoms with Crippen molar-refractivity contribution in [3.05, 3.63) is 12.4 Å². The molecule has 0 aromatic carbocycles. The number of nitrogens with one attached hydrogen (secondary N) is 2. The summed E-state index contributed by atoms with van der Waals surface area (Å²) in [7, 11) is 2.02. The minimum atomic E-state index is 0.558. The third-order valence-electron chi connectivity index (χ3n) is 3.94. The second-order valence-electron chi connectivity index (χ2n) is 5.58. The average molecular weight is 261 g/mol. The summed E-state index contributed by atoms with van der Waals surface area (Å²) in [5.41, 5.74) is 0. The highest BCUT2D eigenvalue weighted by Crippen LogP contribution is 2.27. The maximum absolute atomic E-state index is 4.47. The van der Waals surface area contributed by atoms with Crippen molar-refractivity contribution in [2.24, 2.45) is 0 Å². The maximum atomic E-state index is 4.47. The van der Waals surface area contributed by atoms with Gasteiger partial charge in [0.1, 0.15) is 18.0 Å². The van der Waals surface area contributed by atoms with Gasteiger partial charge in [0.05, 0.1) is 0 Å². The first-order chi connectivity index (χ1) is 9.36. The van der Waals surface area contributed by atoms with Gasteiger partial charge in [0.25, 0.3) is 0 Å². The number of rotatable bonds is 5. The van der Waals surface area contributed by atoms with E-state index in [0.29, 0.717) is 12.1 Å². The highest BCUT2D eigenvalue weighted by Gasteiger charge is 2.25. The molecule has 5 heteroatoms. The van der Waals surface area contributed by atoms with Crippen molar-refractivity contribution in [3.63, 3.8) is 0 Å². The molecule has 3 rings (SSSR count). The van der Waals surface area contributed by atoms with Crippen LogP contribution in [0, 0.1) is 0 Å². The van der Waals surface area contributed by atoms with E-state index in [0.717, 1.165) is 24.7 Å². The lowest BCUT2D eigenvalue weighted by molar-refractivity contribution is 0.443. The van der Waals surface area contributed by atoms with Crippen molar-refractivity contribution in [3.8, 4) is 0 Å². The fourth-order valence-electron chi connectivity index (χ4n) is 2.77. The van der Waals surface area contributed by atoms with Gasteiger partial charge in [-0.25, -0.2) is 9.97 Å². The van der Waals surface area contributed by atoms with Crippen LogP contribution in [-0.4, -0.2) is 42.2 Å². The quantitative estimate of drug-likeness (QED) is 0.843. The minimum absolute atomic E-state index is 0.558. The van der Waals surface area contributed by atoms with E-state index in [9.17, 15) is 0 Å². The van der Waals surface area contributed by atoms with Gasteiger partial charge in [-0.2, -0.15) is 0 Å². The summed E-state index contributed by atoms with van der Waals surface area (Å²) in [6, 6.07) is 3.30. The molecule has 1 saturated carbocycles. The number of anilines is 2. The fourth-order valence-corrected chi connectivity index (χ4v) is 2.77. The van der Waals surface area contributed by atoms with Gasteiger partial charge in [-0.3, -0.25) is 0 Å². The van der Waals surface area contributed by atoms with E-state index >= 15 is 0 Å². The molecule has 0 amide bonds. The summed E-state index contributed by atoms with van der Waals surface area (Å²) >= 11 is 0. The van der Waals surface area contributed by atoms with Crippen LogP contribution in [0.3, 0.4) is 0 Å². The summed E-state index contributed by atoms with van der Waals surface area (Å²) in [6.07, 6.45) is 8.05. The van der Waals surface area contributed by atoms with Gasteiger partial charge in [-0.05, 0) is 39.2 Å². The van der Waals surface area contributed by atoms with Crippen LogP contribution in [0.4, 0.5) is 11.6 Å². The molecular weight excluding hydrogens is 238 g/mol. The zero-order valence-corrected chi connectivity index (χ0v) is 11.6. The number of hydrogen-bond acceptors (Lipinski definition) is 5. The molecule has 2 N–H and O–H groups in total. The van der Waals surface area contributed by atoms with E-state index in [4.69, 9.17) is 0 Å². The van der Waals surface area contributed by atoms with Crippen LogP contribution >= 0.6 is 0 Å². The van der Waals surface area contributed by atoms with Gasteiger partial charge < -0.3 is 15.5 Å². The predicted octanol–water partition coefficient (Wildman–Crippen LogP) is 1.63. The molecule has 2 aliphatic rings. The topological polar surface area (TPSA) is 53.1 Å². The van der Waals surface area contributed by atoms with Gasteiger partial charge in [0.15, 0.2) is 0 Å². The third-order valence-corrected chi connectivity index (χ3v) is 3.94. The molecule has 1 aliphatic heterocycles. The molecule has 1 saturated heterocycles. The first kappa shape index (κ1) is 12.7. The van der Waals surface area contributed by atoms with Gasteiger partial charge in [-0.1, -0.05) is 0 Å². The Balaban J connectivity index is 1.74. The van der Waals surface area contributed by atoms with Crippen LogP contribution in [0.15, 0.2) is 12.4 Å². The van der Waals surface area contributed by atoms with Crippen LogP contribution in [0.1, 0.15) is 32.1 Å². The lowest BCUT2D eigenvalue weighted by Crippen LogP contribution is -2.45. The zero-order chi connectivity index (χ0) is 13.1. The van der Waals surface area contributed by atoms with Crippen molar-refractivity contribution in [2.75, 3.05) is 30.4 Å². The molecule has 5 nitrogen and oxygen atoms in total. The molecule has 19 heavy (non-hydrogen) atoms. The maximum Gasteiger partial charge on any atom is 0.134 e. The Morgan fingerprint density at radius 2 is 2.16 bits per heavy atom. The standard InChI is InChI=1S/C14H23N5/c1-15-9-12-4-2-3-7-19(12)14-8-13(16-10-17-14)18-11-5-6-11/h8,10-12,15H,2-7,9H2,1H3,(H,16,17,18). The van der Waals surface area contributed by atoms with Crippen LogP contribution in [0.25, 0.3) is 0 Å². The lowest BCUT2D eigenvalue weighted by Gasteiger charge is -2.36. The van der Waals surface area contributed by atoms with Gasteiger partial charge in [0, 0.05) is 31.2 Å². The van der Waals surface area contributed by atoms with Crippen LogP contribution in [-0.2, 0) is 0 Å².